The number of carbonyl (C=O) groups is 2. The molecule has 6 nitrogen and oxygen atoms in total. The maximum absolute atomic E-state index is 12.4. The molecule has 0 rings (SSSR count). The average molecular weight is 925 g/mol. The van der Waals surface area contributed by atoms with Gasteiger partial charge in [-0.15, -0.1) is 0 Å². The van der Waals surface area contributed by atoms with Crippen LogP contribution in [0.25, 0.3) is 0 Å². The highest BCUT2D eigenvalue weighted by Gasteiger charge is 2.18. The predicted molar refractivity (Wildman–Crippen MR) is 287 cm³/mol. The molecule has 0 fully saturated rings. The second-order valence-corrected chi connectivity index (χ2v) is 19.3. The minimum Gasteiger partial charge on any atom is -0.465 e. The number of rotatable bonds is 52. The van der Waals surface area contributed by atoms with Crippen LogP contribution >= 0.6 is 0 Å². The van der Waals surface area contributed by atoms with Crippen molar-refractivity contribution >= 4 is 11.9 Å². The molecular formula is C60H109NO5. The van der Waals surface area contributed by atoms with Crippen LogP contribution in [0.15, 0.2) is 60.8 Å². The van der Waals surface area contributed by atoms with Gasteiger partial charge in [-0.2, -0.15) is 0 Å². The Morgan fingerprint density at radius 1 is 0.424 bits per heavy atom. The quantitative estimate of drug-likeness (QED) is 0.0321. The van der Waals surface area contributed by atoms with E-state index < -0.39 is 12.1 Å². The molecule has 1 amide bonds. The Bertz CT molecular complexity index is 1160. The van der Waals surface area contributed by atoms with Crippen LogP contribution in [0.3, 0.4) is 0 Å². The lowest BCUT2D eigenvalue weighted by Gasteiger charge is -2.20. The molecule has 0 aliphatic carbocycles. The van der Waals surface area contributed by atoms with E-state index in [9.17, 15) is 19.8 Å². The van der Waals surface area contributed by atoms with E-state index in [2.05, 4.69) is 67.8 Å². The zero-order valence-electron chi connectivity index (χ0n) is 43.7. The molecule has 384 valence electrons. The van der Waals surface area contributed by atoms with Gasteiger partial charge in [0.1, 0.15) is 0 Å². The molecule has 3 N–H and O–H groups in total. The van der Waals surface area contributed by atoms with E-state index in [1.165, 1.54) is 193 Å². The monoisotopic (exact) mass is 924 g/mol. The molecule has 0 aliphatic rings. The molecule has 0 heterocycles. The molecular weight excluding hydrogens is 815 g/mol. The van der Waals surface area contributed by atoms with Gasteiger partial charge in [0.25, 0.3) is 0 Å². The van der Waals surface area contributed by atoms with E-state index in [0.717, 1.165) is 64.2 Å². The number of aliphatic hydroxyl groups is 2. The first-order chi connectivity index (χ1) is 32.5. The first kappa shape index (κ1) is 63.6. The molecule has 0 aliphatic heterocycles. The third kappa shape index (κ3) is 51.0. The molecule has 2 unspecified atom stereocenters. The third-order valence-corrected chi connectivity index (χ3v) is 12.8. The maximum atomic E-state index is 12.4. The number of aliphatic hydroxyl groups excluding tert-OH is 2. The SMILES string of the molecule is CCCCCC/C=C\C/C=C\CCCCCCCC(=O)OCC/C=C\C/C=C\CCCCCCCCCCCCCCCCC(=O)NC(CO)C(O)/C=C/CCCCCCCCCCCC. The molecule has 0 aromatic rings. The maximum Gasteiger partial charge on any atom is 0.305 e. The van der Waals surface area contributed by atoms with Gasteiger partial charge in [-0.25, -0.2) is 0 Å². The summed E-state index contributed by atoms with van der Waals surface area (Å²) in [6, 6.07) is -0.632. The summed E-state index contributed by atoms with van der Waals surface area (Å²) in [5.74, 6) is -0.125. The Balaban J connectivity index is 3.49. The summed E-state index contributed by atoms with van der Waals surface area (Å²) in [6.07, 6.45) is 71.1. The number of esters is 1. The largest absolute Gasteiger partial charge is 0.465 e. The van der Waals surface area contributed by atoms with Crippen LogP contribution in [-0.4, -0.2) is 47.4 Å². The summed E-state index contributed by atoms with van der Waals surface area (Å²) < 4.78 is 5.41. The molecule has 0 radical (unpaired) electrons. The molecule has 0 saturated carbocycles. The van der Waals surface area contributed by atoms with E-state index in [0.29, 0.717) is 19.4 Å². The van der Waals surface area contributed by atoms with Crippen molar-refractivity contribution in [3.63, 3.8) is 0 Å². The first-order valence-corrected chi connectivity index (χ1v) is 28.6. The molecule has 2 atom stereocenters. The third-order valence-electron chi connectivity index (χ3n) is 12.8. The van der Waals surface area contributed by atoms with E-state index in [-0.39, 0.29) is 18.5 Å². The van der Waals surface area contributed by atoms with Crippen LogP contribution in [0, 0.1) is 0 Å². The zero-order chi connectivity index (χ0) is 47.9. The highest BCUT2D eigenvalue weighted by molar-refractivity contribution is 5.76. The van der Waals surface area contributed by atoms with Gasteiger partial charge < -0.3 is 20.3 Å². The number of hydrogen-bond acceptors (Lipinski definition) is 5. The number of hydrogen-bond donors (Lipinski definition) is 3. The van der Waals surface area contributed by atoms with Gasteiger partial charge in [-0.1, -0.05) is 248 Å². The molecule has 0 aromatic heterocycles. The standard InChI is InChI=1S/C60H109NO5/c1-3-5-7-9-11-13-15-17-18-27-30-34-38-42-46-50-54-60(65)66-55-51-47-43-39-35-31-28-25-23-21-19-20-22-24-26-29-33-37-41-45-49-53-59(64)61-57(56-62)58(63)52-48-44-40-36-32-16-14-12-10-8-6-4-2/h13,15,18,27,31,35,43,47-48,52,57-58,62-63H,3-12,14,16-17,19-26,28-30,32-34,36-42,44-46,49-51,53-56H2,1-2H3,(H,61,64)/b15-13-,27-18-,35-31-,47-43-,52-48+. The fourth-order valence-corrected chi connectivity index (χ4v) is 8.38. The summed E-state index contributed by atoms with van der Waals surface area (Å²) in [5, 5.41) is 23.0. The lowest BCUT2D eigenvalue weighted by Crippen LogP contribution is -2.45. The second kappa shape index (κ2) is 55.2. The molecule has 0 spiro atoms. The Hall–Kier alpha value is -2.44. The van der Waals surface area contributed by atoms with Crippen LogP contribution in [0.2, 0.25) is 0 Å². The summed E-state index contributed by atoms with van der Waals surface area (Å²) in [4.78, 5) is 24.4. The molecule has 0 saturated heterocycles. The van der Waals surface area contributed by atoms with E-state index in [1.54, 1.807) is 6.08 Å². The minimum atomic E-state index is -0.848. The zero-order valence-corrected chi connectivity index (χ0v) is 43.7. The van der Waals surface area contributed by atoms with Crippen molar-refractivity contribution in [1.82, 2.24) is 5.32 Å². The number of ether oxygens (including phenoxy) is 1. The van der Waals surface area contributed by atoms with Gasteiger partial charge >= 0.3 is 5.97 Å². The highest BCUT2D eigenvalue weighted by atomic mass is 16.5. The number of unbranched alkanes of at least 4 members (excludes halogenated alkanes) is 33. The van der Waals surface area contributed by atoms with Crippen molar-refractivity contribution in [3.8, 4) is 0 Å². The van der Waals surface area contributed by atoms with Crippen molar-refractivity contribution in [2.24, 2.45) is 0 Å². The lowest BCUT2D eigenvalue weighted by molar-refractivity contribution is -0.143. The topological polar surface area (TPSA) is 95.9 Å². The fraction of sp³-hybridized carbons (Fsp3) is 0.800. The van der Waals surface area contributed by atoms with E-state index in [1.807, 2.05) is 6.08 Å². The van der Waals surface area contributed by atoms with Gasteiger partial charge in [0.15, 0.2) is 0 Å². The minimum absolute atomic E-state index is 0.0502. The lowest BCUT2D eigenvalue weighted by atomic mass is 10.0. The number of carbonyl (C=O) groups excluding carboxylic acids is 2. The van der Waals surface area contributed by atoms with Crippen LogP contribution in [-0.2, 0) is 14.3 Å². The number of amides is 1. The van der Waals surface area contributed by atoms with Gasteiger partial charge in [0.05, 0.1) is 25.4 Å². The molecule has 66 heavy (non-hydrogen) atoms. The van der Waals surface area contributed by atoms with Crippen molar-refractivity contribution in [2.45, 2.75) is 296 Å². The van der Waals surface area contributed by atoms with Gasteiger partial charge in [-0.05, 0) is 83.5 Å². The Morgan fingerprint density at radius 2 is 0.758 bits per heavy atom. The van der Waals surface area contributed by atoms with Crippen molar-refractivity contribution in [3.05, 3.63) is 60.8 Å². The van der Waals surface area contributed by atoms with Crippen LogP contribution in [0.1, 0.15) is 284 Å². The van der Waals surface area contributed by atoms with E-state index in [4.69, 9.17) is 4.74 Å². The number of allylic oxidation sites excluding steroid dienone is 8. The van der Waals surface area contributed by atoms with Gasteiger partial charge in [-0.3, -0.25) is 9.59 Å². The average Bonchev–Trinajstić information content (AvgIpc) is 3.32. The van der Waals surface area contributed by atoms with Gasteiger partial charge in [0.2, 0.25) is 5.91 Å². The van der Waals surface area contributed by atoms with Crippen LogP contribution < -0.4 is 5.32 Å². The van der Waals surface area contributed by atoms with Crippen molar-refractivity contribution < 1.29 is 24.5 Å². The molecule has 0 aromatic carbocycles. The van der Waals surface area contributed by atoms with Crippen LogP contribution in [0.5, 0.6) is 0 Å². The Kier molecular flexibility index (Phi) is 53.1. The summed E-state index contributed by atoms with van der Waals surface area (Å²) in [5.41, 5.74) is 0. The normalized spacial score (nSPS) is 13.1. The Morgan fingerprint density at radius 3 is 1.17 bits per heavy atom. The summed E-state index contributed by atoms with van der Waals surface area (Å²) >= 11 is 0. The number of nitrogens with one attached hydrogen (secondary N) is 1. The first-order valence-electron chi connectivity index (χ1n) is 28.6. The molecule has 6 heteroatoms. The predicted octanol–water partition coefficient (Wildman–Crippen LogP) is 17.6. The summed E-state index contributed by atoms with van der Waals surface area (Å²) in [6.45, 7) is 4.75. The smallest absolute Gasteiger partial charge is 0.305 e. The second-order valence-electron chi connectivity index (χ2n) is 19.3. The van der Waals surface area contributed by atoms with Crippen molar-refractivity contribution in [2.75, 3.05) is 13.2 Å². The van der Waals surface area contributed by atoms with Crippen molar-refractivity contribution in [1.29, 1.82) is 0 Å². The summed E-state index contributed by atoms with van der Waals surface area (Å²) in [7, 11) is 0. The molecule has 0 bridgehead atoms. The highest BCUT2D eigenvalue weighted by Crippen LogP contribution is 2.16. The Labute approximate surface area is 409 Å². The van der Waals surface area contributed by atoms with Crippen LogP contribution in [0.4, 0.5) is 0 Å². The van der Waals surface area contributed by atoms with E-state index >= 15 is 0 Å². The van der Waals surface area contributed by atoms with Gasteiger partial charge in [0, 0.05) is 12.8 Å². The fourth-order valence-electron chi connectivity index (χ4n) is 8.38.